The number of nitrogens with zero attached hydrogens (tertiary/aromatic N) is 1. The predicted octanol–water partition coefficient (Wildman–Crippen LogP) is 3.81. The molecular weight excluding hydrogens is 316 g/mol. The van der Waals surface area contributed by atoms with Gasteiger partial charge in [-0.05, 0) is 23.8 Å². The van der Waals surface area contributed by atoms with E-state index in [-0.39, 0.29) is 0 Å². The average Bonchev–Trinajstić information content (AvgIpc) is 2.49. The lowest BCUT2D eigenvalue weighted by atomic mass is 10.0. The summed E-state index contributed by atoms with van der Waals surface area (Å²) in [6.07, 6.45) is 0. The number of allylic oxidation sites excluding steroid dienone is 1. The van der Waals surface area contributed by atoms with Gasteiger partial charge in [0.1, 0.15) is 11.8 Å². The molecule has 0 atom stereocenters. The Labute approximate surface area is 126 Å². The van der Waals surface area contributed by atoms with Gasteiger partial charge < -0.3 is 10.5 Å². The van der Waals surface area contributed by atoms with Crippen LogP contribution in [0.1, 0.15) is 11.1 Å². The summed E-state index contributed by atoms with van der Waals surface area (Å²) in [7, 11) is 1.59. The van der Waals surface area contributed by atoms with Crippen molar-refractivity contribution in [2.45, 2.75) is 0 Å². The molecule has 2 aromatic rings. The maximum absolute atomic E-state index is 9.39. The van der Waals surface area contributed by atoms with Gasteiger partial charge >= 0.3 is 0 Å². The first kappa shape index (κ1) is 14.2. The molecule has 0 spiro atoms. The van der Waals surface area contributed by atoms with Crippen LogP contribution in [0.15, 0.2) is 53.0 Å². The molecule has 3 nitrogen and oxygen atoms in total. The Morgan fingerprint density at radius 3 is 2.50 bits per heavy atom. The standard InChI is InChI=1S/C16H13BrN2O/c1-20-12-7-8-15(17)13(9-12)16(19)14(10-18)11-5-3-2-4-6-11/h2-9H,19H2,1H3/b16-14+. The maximum Gasteiger partial charge on any atom is 0.119 e. The molecule has 2 aromatic carbocycles. The summed E-state index contributed by atoms with van der Waals surface area (Å²) in [4.78, 5) is 0. The fraction of sp³-hybridized carbons (Fsp3) is 0.0625. The molecule has 0 aliphatic heterocycles. The zero-order valence-electron chi connectivity index (χ0n) is 10.9. The van der Waals surface area contributed by atoms with E-state index >= 15 is 0 Å². The highest BCUT2D eigenvalue weighted by atomic mass is 79.9. The van der Waals surface area contributed by atoms with Gasteiger partial charge in [-0.1, -0.05) is 46.3 Å². The van der Waals surface area contributed by atoms with Crippen LogP contribution in [0.3, 0.4) is 0 Å². The van der Waals surface area contributed by atoms with Gasteiger partial charge in [-0.25, -0.2) is 0 Å². The Kier molecular flexibility index (Phi) is 4.44. The Balaban J connectivity index is 2.61. The lowest BCUT2D eigenvalue weighted by Gasteiger charge is -2.10. The van der Waals surface area contributed by atoms with Crippen molar-refractivity contribution < 1.29 is 4.74 Å². The third-order valence-corrected chi connectivity index (χ3v) is 3.60. The molecule has 2 rings (SSSR count). The molecule has 0 unspecified atom stereocenters. The van der Waals surface area contributed by atoms with Crippen molar-refractivity contribution in [1.82, 2.24) is 0 Å². The van der Waals surface area contributed by atoms with Crippen LogP contribution >= 0.6 is 15.9 Å². The van der Waals surface area contributed by atoms with Gasteiger partial charge in [0, 0.05) is 10.0 Å². The van der Waals surface area contributed by atoms with Crippen molar-refractivity contribution >= 4 is 27.2 Å². The number of methoxy groups -OCH3 is 1. The van der Waals surface area contributed by atoms with Crippen LogP contribution in [0.4, 0.5) is 0 Å². The summed E-state index contributed by atoms with van der Waals surface area (Å²) in [6.45, 7) is 0. The summed E-state index contributed by atoms with van der Waals surface area (Å²) in [5, 5.41) is 9.39. The van der Waals surface area contributed by atoms with Crippen LogP contribution in [-0.4, -0.2) is 7.11 Å². The largest absolute Gasteiger partial charge is 0.497 e. The van der Waals surface area contributed by atoms with Crippen molar-refractivity contribution in [3.05, 3.63) is 64.1 Å². The Hall–Kier alpha value is -2.25. The van der Waals surface area contributed by atoms with E-state index in [2.05, 4.69) is 22.0 Å². The highest BCUT2D eigenvalue weighted by molar-refractivity contribution is 9.10. The van der Waals surface area contributed by atoms with Crippen molar-refractivity contribution in [3.8, 4) is 11.8 Å². The van der Waals surface area contributed by atoms with Crippen molar-refractivity contribution in [2.75, 3.05) is 7.11 Å². The molecule has 0 fully saturated rings. The number of benzene rings is 2. The highest BCUT2D eigenvalue weighted by Crippen LogP contribution is 2.30. The second kappa shape index (κ2) is 6.27. The van der Waals surface area contributed by atoms with E-state index in [1.165, 1.54) is 0 Å². The van der Waals surface area contributed by atoms with Gasteiger partial charge in [0.25, 0.3) is 0 Å². The van der Waals surface area contributed by atoms with Crippen LogP contribution in [-0.2, 0) is 0 Å². The molecule has 0 heterocycles. The number of hydrogen-bond acceptors (Lipinski definition) is 3. The lowest BCUT2D eigenvalue weighted by molar-refractivity contribution is 0.414. The minimum Gasteiger partial charge on any atom is -0.497 e. The van der Waals surface area contributed by atoms with Gasteiger partial charge in [-0.2, -0.15) is 5.26 Å². The van der Waals surface area contributed by atoms with Gasteiger partial charge in [-0.3, -0.25) is 0 Å². The number of nitriles is 1. The van der Waals surface area contributed by atoms with Gasteiger partial charge in [0.05, 0.1) is 18.4 Å². The van der Waals surface area contributed by atoms with Gasteiger partial charge in [-0.15, -0.1) is 0 Å². The van der Waals surface area contributed by atoms with E-state index in [0.29, 0.717) is 17.0 Å². The molecule has 0 saturated heterocycles. The summed E-state index contributed by atoms with van der Waals surface area (Å²) < 4.78 is 6.02. The zero-order valence-corrected chi connectivity index (χ0v) is 12.5. The average molecular weight is 329 g/mol. The Morgan fingerprint density at radius 1 is 1.20 bits per heavy atom. The summed E-state index contributed by atoms with van der Waals surface area (Å²) >= 11 is 3.45. The minimum absolute atomic E-state index is 0.421. The van der Waals surface area contributed by atoms with E-state index in [1.54, 1.807) is 13.2 Å². The van der Waals surface area contributed by atoms with E-state index in [0.717, 1.165) is 15.6 Å². The summed E-state index contributed by atoms with van der Waals surface area (Å²) in [5.41, 5.74) is 8.58. The maximum atomic E-state index is 9.39. The molecule has 0 amide bonds. The third-order valence-electron chi connectivity index (χ3n) is 2.91. The van der Waals surface area contributed by atoms with Crippen LogP contribution in [0.5, 0.6) is 5.75 Å². The molecule has 0 radical (unpaired) electrons. The summed E-state index contributed by atoms with van der Waals surface area (Å²) in [5.74, 6) is 0.691. The Morgan fingerprint density at radius 2 is 1.90 bits per heavy atom. The van der Waals surface area contributed by atoms with Crippen LogP contribution in [0.2, 0.25) is 0 Å². The fourth-order valence-electron chi connectivity index (χ4n) is 1.86. The van der Waals surface area contributed by atoms with Crippen LogP contribution in [0.25, 0.3) is 11.3 Å². The van der Waals surface area contributed by atoms with E-state index in [9.17, 15) is 5.26 Å². The third kappa shape index (κ3) is 2.84. The molecule has 4 heteroatoms. The number of halogens is 1. The van der Waals surface area contributed by atoms with Crippen molar-refractivity contribution in [2.24, 2.45) is 5.73 Å². The SMILES string of the molecule is COc1ccc(Br)c(/C(N)=C(/C#N)c2ccccc2)c1. The quantitative estimate of drug-likeness (QED) is 0.688. The smallest absolute Gasteiger partial charge is 0.119 e. The molecule has 100 valence electrons. The molecule has 0 aliphatic carbocycles. The van der Waals surface area contributed by atoms with Gasteiger partial charge in [0.15, 0.2) is 0 Å². The first-order valence-electron chi connectivity index (χ1n) is 5.96. The first-order chi connectivity index (χ1) is 9.67. The molecule has 20 heavy (non-hydrogen) atoms. The predicted molar refractivity (Wildman–Crippen MR) is 83.8 cm³/mol. The minimum atomic E-state index is 0.421. The molecular formula is C16H13BrN2O. The molecule has 0 aliphatic rings. The van der Waals surface area contributed by atoms with E-state index < -0.39 is 0 Å². The number of nitrogens with two attached hydrogens (primary N) is 1. The van der Waals surface area contributed by atoms with Gasteiger partial charge in [0.2, 0.25) is 0 Å². The number of hydrogen-bond donors (Lipinski definition) is 1. The van der Waals surface area contributed by atoms with E-state index in [1.807, 2.05) is 42.5 Å². The van der Waals surface area contributed by atoms with Crippen LogP contribution in [0, 0.1) is 11.3 Å². The first-order valence-corrected chi connectivity index (χ1v) is 6.76. The molecule has 2 N–H and O–H groups in total. The monoisotopic (exact) mass is 328 g/mol. The molecule has 0 saturated carbocycles. The second-order valence-electron chi connectivity index (χ2n) is 4.11. The van der Waals surface area contributed by atoms with Crippen LogP contribution < -0.4 is 10.5 Å². The van der Waals surface area contributed by atoms with Crippen molar-refractivity contribution in [3.63, 3.8) is 0 Å². The summed E-state index contributed by atoms with van der Waals surface area (Å²) in [6, 6.07) is 17.0. The zero-order chi connectivity index (χ0) is 14.5. The topological polar surface area (TPSA) is 59.0 Å². The lowest BCUT2D eigenvalue weighted by Crippen LogP contribution is -2.02. The Bertz CT molecular complexity index is 687. The second-order valence-corrected chi connectivity index (χ2v) is 4.97. The highest BCUT2D eigenvalue weighted by Gasteiger charge is 2.12. The fourth-order valence-corrected chi connectivity index (χ4v) is 2.32. The normalized spacial score (nSPS) is 11.4. The van der Waals surface area contributed by atoms with E-state index in [4.69, 9.17) is 10.5 Å². The van der Waals surface area contributed by atoms with Crippen molar-refractivity contribution in [1.29, 1.82) is 5.26 Å². The molecule has 0 bridgehead atoms. The number of rotatable bonds is 3. The number of ether oxygens (including phenoxy) is 1. The molecule has 0 aromatic heterocycles.